The Morgan fingerprint density at radius 2 is 1.81 bits per heavy atom. The summed E-state index contributed by atoms with van der Waals surface area (Å²) in [5.41, 5.74) is 3.49. The molecule has 2 rings (SSSR count). The molecule has 21 heavy (non-hydrogen) atoms. The molecular formula is C15H21FN4O. The Kier molecular flexibility index (Phi) is 5.14. The number of carbonyl (C=O) groups excluding carboxylic acids is 1. The normalized spacial score (nSPS) is 15.8. The van der Waals surface area contributed by atoms with E-state index in [9.17, 15) is 9.18 Å². The van der Waals surface area contributed by atoms with Gasteiger partial charge in [-0.05, 0) is 43.5 Å². The highest BCUT2D eigenvalue weighted by Crippen LogP contribution is 2.12. The summed E-state index contributed by atoms with van der Waals surface area (Å²) in [5.74, 6) is -0.0271. The lowest BCUT2D eigenvalue weighted by atomic mass is 10.1. The Morgan fingerprint density at radius 3 is 2.38 bits per heavy atom. The van der Waals surface area contributed by atoms with Crippen LogP contribution in [0.1, 0.15) is 19.3 Å². The molecule has 0 bridgehead atoms. The van der Waals surface area contributed by atoms with E-state index in [-0.39, 0.29) is 11.7 Å². The Bertz CT molecular complexity index is 507. The molecule has 1 N–H and O–H groups in total. The number of nitrogens with one attached hydrogen (secondary N) is 1. The van der Waals surface area contributed by atoms with Crippen LogP contribution in [0.25, 0.3) is 0 Å². The summed E-state index contributed by atoms with van der Waals surface area (Å²) in [6.07, 6.45) is 3.32. The minimum absolute atomic E-state index is 0.133. The van der Waals surface area contributed by atoms with Crippen LogP contribution < -0.4 is 5.43 Å². The van der Waals surface area contributed by atoms with Crippen molar-refractivity contribution in [1.29, 1.82) is 0 Å². The van der Waals surface area contributed by atoms with Gasteiger partial charge in [0.15, 0.2) is 0 Å². The second kappa shape index (κ2) is 7.06. The largest absolute Gasteiger partial charge is 0.351 e. The van der Waals surface area contributed by atoms with Crippen molar-refractivity contribution in [3.8, 4) is 0 Å². The first kappa shape index (κ1) is 15.3. The Labute approximate surface area is 124 Å². The average Bonchev–Trinajstić information content (AvgIpc) is 2.50. The smallest absolute Gasteiger partial charge is 0.290 e. The van der Waals surface area contributed by atoms with E-state index in [2.05, 4.69) is 10.5 Å². The number of hydrazone groups is 1. The fourth-order valence-corrected chi connectivity index (χ4v) is 2.20. The summed E-state index contributed by atoms with van der Waals surface area (Å²) in [5, 5.41) is 4.25. The molecule has 1 amide bonds. The molecule has 6 heteroatoms. The minimum Gasteiger partial charge on any atom is -0.351 e. The molecule has 0 spiro atoms. The number of amidine groups is 1. The lowest BCUT2D eigenvalue weighted by Crippen LogP contribution is -2.45. The van der Waals surface area contributed by atoms with Gasteiger partial charge in [0.1, 0.15) is 5.82 Å². The molecule has 1 fully saturated rings. The summed E-state index contributed by atoms with van der Waals surface area (Å²) in [6, 6.07) is 5.89. The van der Waals surface area contributed by atoms with Crippen molar-refractivity contribution in [2.75, 3.05) is 32.6 Å². The third-order valence-corrected chi connectivity index (χ3v) is 3.39. The van der Waals surface area contributed by atoms with E-state index in [1.807, 2.05) is 4.90 Å². The zero-order chi connectivity index (χ0) is 15.2. The molecule has 0 unspecified atom stereocenters. The van der Waals surface area contributed by atoms with Gasteiger partial charge >= 0.3 is 0 Å². The van der Waals surface area contributed by atoms with E-state index in [0.29, 0.717) is 11.5 Å². The molecule has 1 aliphatic heterocycles. The number of piperidine rings is 1. The third-order valence-electron chi connectivity index (χ3n) is 3.39. The Balaban J connectivity index is 2.15. The Morgan fingerprint density at radius 1 is 1.19 bits per heavy atom. The lowest BCUT2D eigenvalue weighted by molar-refractivity contribution is -0.122. The molecule has 0 aliphatic carbocycles. The quantitative estimate of drug-likeness (QED) is 0.516. The molecule has 0 aromatic heterocycles. The van der Waals surface area contributed by atoms with Gasteiger partial charge in [0.05, 0.1) is 5.69 Å². The van der Waals surface area contributed by atoms with Crippen molar-refractivity contribution in [3.63, 3.8) is 0 Å². The summed E-state index contributed by atoms with van der Waals surface area (Å²) in [6.45, 7) is 1.67. The summed E-state index contributed by atoms with van der Waals surface area (Å²) < 4.78 is 12.9. The number of likely N-dealkylation sites (N-methyl/N-ethyl adjacent to an activating group) is 1. The number of likely N-dealkylation sites (tertiary alicyclic amines) is 1. The van der Waals surface area contributed by atoms with E-state index < -0.39 is 0 Å². The van der Waals surface area contributed by atoms with Crippen LogP contribution in [0.3, 0.4) is 0 Å². The molecule has 1 aliphatic rings. The Hall–Kier alpha value is -2.11. The zero-order valence-electron chi connectivity index (χ0n) is 12.5. The predicted octanol–water partition coefficient (Wildman–Crippen LogP) is 2.13. The number of anilines is 1. The predicted molar refractivity (Wildman–Crippen MR) is 81.6 cm³/mol. The fourth-order valence-electron chi connectivity index (χ4n) is 2.20. The SMILES string of the molecule is CN(C)C(=O)/C(=N\Nc1ccc(F)cc1)N1CCCCC1. The van der Waals surface area contributed by atoms with Crippen LogP contribution in [0.5, 0.6) is 0 Å². The fraction of sp³-hybridized carbons (Fsp3) is 0.467. The van der Waals surface area contributed by atoms with Gasteiger partial charge in [0, 0.05) is 27.2 Å². The summed E-state index contributed by atoms with van der Waals surface area (Å²) in [4.78, 5) is 15.8. The molecule has 1 saturated heterocycles. The number of nitrogens with zero attached hydrogens (tertiary/aromatic N) is 3. The molecule has 1 heterocycles. The van der Waals surface area contributed by atoms with Gasteiger partial charge in [-0.3, -0.25) is 10.2 Å². The van der Waals surface area contributed by atoms with E-state index in [1.54, 1.807) is 26.2 Å². The van der Waals surface area contributed by atoms with Crippen molar-refractivity contribution in [2.45, 2.75) is 19.3 Å². The van der Waals surface area contributed by atoms with Gasteiger partial charge in [-0.1, -0.05) is 0 Å². The molecular weight excluding hydrogens is 271 g/mol. The van der Waals surface area contributed by atoms with E-state index in [4.69, 9.17) is 0 Å². The van der Waals surface area contributed by atoms with Gasteiger partial charge < -0.3 is 9.80 Å². The third kappa shape index (κ3) is 4.18. The maximum atomic E-state index is 12.9. The van der Waals surface area contributed by atoms with Crippen molar-refractivity contribution in [1.82, 2.24) is 9.80 Å². The van der Waals surface area contributed by atoms with Crippen molar-refractivity contribution >= 4 is 17.4 Å². The number of rotatable bonds is 2. The minimum atomic E-state index is -0.301. The number of hydrogen-bond acceptors (Lipinski definition) is 3. The van der Waals surface area contributed by atoms with Crippen LogP contribution in [0, 0.1) is 5.82 Å². The van der Waals surface area contributed by atoms with Gasteiger partial charge in [-0.25, -0.2) is 4.39 Å². The molecule has 0 radical (unpaired) electrons. The zero-order valence-corrected chi connectivity index (χ0v) is 12.5. The molecule has 1 aromatic carbocycles. The van der Waals surface area contributed by atoms with Crippen LogP contribution in [-0.2, 0) is 4.79 Å². The van der Waals surface area contributed by atoms with E-state index in [0.717, 1.165) is 25.9 Å². The number of halogens is 1. The standard InChI is InChI=1S/C15H21FN4O/c1-19(2)15(21)14(20-10-4-3-5-11-20)18-17-13-8-6-12(16)7-9-13/h6-9,17H,3-5,10-11H2,1-2H3/b18-14+. The molecule has 0 atom stereocenters. The molecule has 114 valence electrons. The van der Waals surface area contributed by atoms with Crippen molar-refractivity contribution in [2.24, 2.45) is 5.10 Å². The maximum Gasteiger partial charge on any atom is 0.290 e. The number of hydrogen-bond donors (Lipinski definition) is 1. The average molecular weight is 292 g/mol. The van der Waals surface area contributed by atoms with Gasteiger partial charge in [0.2, 0.25) is 5.84 Å². The number of carbonyl (C=O) groups is 1. The summed E-state index contributed by atoms with van der Waals surface area (Å²) >= 11 is 0. The second-order valence-corrected chi connectivity index (χ2v) is 5.30. The highest BCUT2D eigenvalue weighted by molar-refractivity contribution is 6.37. The maximum absolute atomic E-state index is 12.9. The van der Waals surface area contributed by atoms with E-state index >= 15 is 0 Å². The summed E-state index contributed by atoms with van der Waals surface area (Å²) in [7, 11) is 3.42. The lowest BCUT2D eigenvalue weighted by Gasteiger charge is -2.30. The van der Waals surface area contributed by atoms with Crippen molar-refractivity contribution < 1.29 is 9.18 Å². The van der Waals surface area contributed by atoms with Crippen LogP contribution in [-0.4, -0.2) is 48.7 Å². The highest BCUT2D eigenvalue weighted by Gasteiger charge is 2.23. The van der Waals surface area contributed by atoms with Crippen LogP contribution in [0.2, 0.25) is 0 Å². The first-order chi connectivity index (χ1) is 10.1. The van der Waals surface area contributed by atoms with Gasteiger partial charge in [-0.2, -0.15) is 5.10 Å². The molecule has 5 nitrogen and oxygen atoms in total. The monoisotopic (exact) mass is 292 g/mol. The van der Waals surface area contributed by atoms with Crippen LogP contribution in [0.4, 0.5) is 10.1 Å². The first-order valence-corrected chi connectivity index (χ1v) is 7.14. The second-order valence-electron chi connectivity index (χ2n) is 5.30. The van der Waals surface area contributed by atoms with Gasteiger partial charge in [0.25, 0.3) is 5.91 Å². The topological polar surface area (TPSA) is 47.9 Å². The van der Waals surface area contributed by atoms with Crippen LogP contribution in [0.15, 0.2) is 29.4 Å². The van der Waals surface area contributed by atoms with Crippen molar-refractivity contribution in [3.05, 3.63) is 30.1 Å². The number of amides is 1. The van der Waals surface area contributed by atoms with Crippen LogP contribution >= 0.6 is 0 Å². The molecule has 1 aromatic rings. The highest BCUT2D eigenvalue weighted by atomic mass is 19.1. The number of benzene rings is 1. The first-order valence-electron chi connectivity index (χ1n) is 7.14. The van der Waals surface area contributed by atoms with E-state index in [1.165, 1.54) is 23.5 Å². The van der Waals surface area contributed by atoms with Gasteiger partial charge in [-0.15, -0.1) is 0 Å². The molecule has 0 saturated carbocycles.